The summed E-state index contributed by atoms with van der Waals surface area (Å²) in [5.41, 5.74) is -3.87. The van der Waals surface area contributed by atoms with Gasteiger partial charge in [0.15, 0.2) is 0 Å². The smallest absolute Gasteiger partial charge is 0.478 e. The molecule has 10 nitrogen and oxygen atoms in total. The van der Waals surface area contributed by atoms with Crippen LogP contribution >= 0.6 is 0 Å². The lowest BCUT2D eigenvalue weighted by molar-refractivity contribution is -0.644. The molecular weight excluding hydrogens is 328 g/mol. The molecule has 14 heteroatoms. The lowest BCUT2D eigenvalue weighted by Gasteiger charge is -2.13. The minimum absolute atomic E-state index is 1.93. The number of rotatable bonds is 8. The van der Waals surface area contributed by atoms with Gasteiger partial charge in [-0.15, -0.1) is 17.6 Å². The molecule has 0 radical (unpaired) electrons. The molecule has 0 bridgehead atoms. The highest BCUT2D eigenvalue weighted by atomic mass is 19.3. The molecule has 0 aromatic rings. The zero-order valence-electron chi connectivity index (χ0n) is 10.2. The minimum atomic E-state index is -4.96. The van der Waals surface area contributed by atoms with Crippen LogP contribution in [0.5, 0.6) is 0 Å². The van der Waals surface area contributed by atoms with E-state index >= 15 is 0 Å². The molecule has 0 saturated carbocycles. The van der Waals surface area contributed by atoms with Crippen LogP contribution in [-0.4, -0.2) is 44.1 Å². The molecule has 0 aliphatic rings. The largest absolute Gasteiger partial charge is 0.514 e. The zero-order valence-corrected chi connectivity index (χ0v) is 10.2. The standard InChI is InChI=1S/C8H6F4N2O8/c9-7(10,13(19)20)1-3(5(15)16)4(6(17)18)2-8(11,12)14(21)22/h1-2H2,(H,15,16)(H,17,18)/b4-3-. The van der Waals surface area contributed by atoms with Gasteiger partial charge in [-0.05, 0) is 0 Å². The summed E-state index contributed by atoms with van der Waals surface area (Å²) in [6.45, 7) is 0. The van der Waals surface area contributed by atoms with E-state index < -0.39 is 57.9 Å². The van der Waals surface area contributed by atoms with E-state index in [9.17, 15) is 47.4 Å². The van der Waals surface area contributed by atoms with Gasteiger partial charge in [-0.25, -0.2) is 9.59 Å². The SMILES string of the molecule is O=C(O)/C(CC(F)(F)[N+](=O)[O-])=C(/CC(F)(F)[N+](=O)[O-])C(=O)O. The van der Waals surface area contributed by atoms with E-state index in [1.54, 1.807) is 0 Å². The number of nitrogens with zero attached hydrogens (tertiary/aromatic N) is 2. The Bertz CT molecular complexity index is 510. The molecule has 0 aliphatic carbocycles. The second-order valence-corrected chi connectivity index (χ2v) is 3.77. The molecule has 0 spiro atoms. The number of hydrogen-bond donors (Lipinski definition) is 2. The highest BCUT2D eigenvalue weighted by Crippen LogP contribution is 2.31. The van der Waals surface area contributed by atoms with E-state index in [1.807, 2.05) is 0 Å². The van der Waals surface area contributed by atoms with E-state index in [0.29, 0.717) is 0 Å². The first kappa shape index (κ1) is 19.2. The van der Waals surface area contributed by atoms with Gasteiger partial charge in [-0.3, -0.25) is 20.2 Å². The van der Waals surface area contributed by atoms with Crippen molar-refractivity contribution in [3.05, 3.63) is 31.4 Å². The Labute approximate surface area is 116 Å². The molecule has 0 aromatic heterocycles. The van der Waals surface area contributed by atoms with Crippen LogP contribution in [0, 0.1) is 20.2 Å². The van der Waals surface area contributed by atoms with Crippen molar-refractivity contribution in [1.82, 2.24) is 0 Å². The summed E-state index contributed by atoms with van der Waals surface area (Å²) in [7, 11) is 0. The van der Waals surface area contributed by atoms with E-state index in [4.69, 9.17) is 10.2 Å². The first-order chi connectivity index (χ1) is 9.72. The van der Waals surface area contributed by atoms with Crippen molar-refractivity contribution in [2.45, 2.75) is 24.9 Å². The molecule has 0 unspecified atom stereocenters. The van der Waals surface area contributed by atoms with Gasteiger partial charge in [-0.2, -0.15) is 0 Å². The number of carboxylic acids is 2. The molecular formula is C8H6F4N2O8. The van der Waals surface area contributed by atoms with Gasteiger partial charge in [0.2, 0.25) is 0 Å². The average molecular weight is 334 g/mol. The van der Waals surface area contributed by atoms with E-state index in [-0.39, 0.29) is 0 Å². The highest BCUT2D eigenvalue weighted by molar-refractivity contribution is 5.98. The third kappa shape index (κ3) is 4.64. The van der Waals surface area contributed by atoms with Crippen molar-refractivity contribution in [1.29, 1.82) is 0 Å². The third-order valence-corrected chi connectivity index (χ3v) is 2.19. The van der Waals surface area contributed by atoms with Crippen LogP contribution in [-0.2, 0) is 9.59 Å². The fourth-order valence-corrected chi connectivity index (χ4v) is 1.18. The van der Waals surface area contributed by atoms with Gasteiger partial charge in [-0.1, -0.05) is 0 Å². The molecule has 22 heavy (non-hydrogen) atoms. The second-order valence-electron chi connectivity index (χ2n) is 3.77. The quantitative estimate of drug-likeness (QED) is 0.218. The maximum absolute atomic E-state index is 12.9. The number of hydrogen-bond acceptors (Lipinski definition) is 6. The van der Waals surface area contributed by atoms with Crippen molar-refractivity contribution in [2.24, 2.45) is 0 Å². The van der Waals surface area contributed by atoms with Crippen LogP contribution in [0.3, 0.4) is 0 Å². The van der Waals surface area contributed by atoms with Crippen molar-refractivity contribution in [3.63, 3.8) is 0 Å². The number of carbonyl (C=O) groups is 2. The number of halogens is 4. The van der Waals surface area contributed by atoms with E-state index in [2.05, 4.69) is 0 Å². The fourth-order valence-electron chi connectivity index (χ4n) is 1.18. The predicted octanol–water partition coefficient (Wildman–Crippen LogP) is 0.971. The van der Waals surface area contributed by atoms with Crippen LogP contribution in [0.4, 0.5) is 17.6 Å². The molecule has 0 atom stereocenters. The summed E-state index contributed by atoms with van der Waals surface area (Å²) in [5.74, 6) is -4.92. The molecule has 0 saturated heterocycles. The third-order valence-electron chi connectivity index (χ3n) is 2.19. The Morgan fingerprint density at radius 2 is 1.05 bits per heavy atom. The van der Waals surface area contributed by atoms with Gasteiger partial charge in [0.05, 0.1) is 21.0 Å². The average Bonchev–Trinajstić information content (AvgIpc) is 2.32. The number of carboxylic acid groups (broad SMARTS) is 2. The second kappa shape index (κ2) is 6.31. The molecule has 0 amide bonds. The lowest BCUT2D eigenvalue weighted by atomic mass is 10.0. The van der Waals surface area contributed by atoms with Gasteiger partial charge in [0, 0.05) is 0 Å². The summed E-state index contributed by atoms with van der Waals surface area (Å²) in [6.07, 6.45) is -4.66. The highest BCUT2D eigenvalue weighted by Gasteiger charge is 2.50. The van der Waals surface area contributed by atoms with Gasteiger partial charge in [0.25, 0.3) is 0 Å². The summed E-state index contributed by atoms with van der Waals surface area (Å²) >= 11 is 0. The van der Waals surface area contributed by atoms with Crippen molar-refractivity contribution in [2.75, 3.05) is 0 Å². The van der Waals surface area contributed by atoms with E-state index in [1.165, 1.54) is 0 Å². The molecule has 0 aliphatic heterocycles. The normalized spacial score (nSPS) is 13.3. The van der Waals surface area contributed by atoms with Crippen molar-refractivity contribution >= 4 is 11.9 Å². The lowest BCUT2D eigenvalue weighted by Crippen LogP contribution is -2.33. The Morgan fingerprint density at radius 1 is 0.818 bits per heavy atom. The van der Waals surface area contributed by atoms with Crippen molar-refractivity contribution in [3.8, 4) is 0 Å². The molecule has 2 N–H and O–H groups in total. The van der Waals surface area contributed by atoms with Gasteiger partial charge < -0.3 is 10.2 Å². The van der Waals surface area contributed by atoms with Gasteiger partial charge in [0.1, 0.15) is 12.8 Å². The number of alkyl halides is 4. The summed E-state index contributed by atoms with van der Waals surface area (Å²) in [4.78, 5) is 36.9. The number of nitro groups is 2. The zero-order chi connectivity index (χ0) is 17.9. The topological polar surface area (TPSA) is 161 Å². The fraction of sp³-hybridized carbons (Fsp3) is 0.500. The van der Waals surface area contributed by atoms with Gasteiger partial charge >= 0.3 is 24.0 Å². The first-order valence-electron chi connectivity index (χ1n) is 4.95. The van der Waals surface area contributed by atoms with Crippen molar-refractivity contribution < 1.29 is 47.2 Å². The molecule has 0 rings (SSSR count). The Hall–Kier alpha value is -2.80. The molecule has 0 fully saturated rings. The van der Waals surface area contributed by atoms with E-state index in [0.717, 1.165) is 0 Å². The first-order valence-corrected chi connectivity index (χ1v) is 4.95. The monoisotopic (exact) mass is 334 g/mol. The predicted molar refractivity (Wildman–Crippen MR) is 55.4 cm³/mol. The molecule has 0 heterocycles. The van der Waals surface area contributed by atoms with Crippen LogP contribution < -0.4 is 0 Å². The molecule has 0 aromatic carbocycles. The van der Waals surface area contributed by atoms with Crippen LogP contribution in [0.15, 0.2) is 11.1 Å². The Balaban J connectivity index is 6.00. The maximum atomic E-state index is 12.9. The van der Waals surface area contributed by atoms with Crippen LogP contribution in [0.1, 0.15) is 12.8 Å². The minimum Gasteiger partial charge on any atom is -0.478 e. The summed E-state index contributed by atoms with van der Waals surface area (Å²) < 4.78 is 51.4. The number of aliphatic carboxylic acids is 2. The van der Waals surface area contributed by atoms with Crippen LogP contribution in [0.2, 0.25) is 0 Å². The summed E-state index contributed by atoms with van der Waals surface area (Å²) in [6, 6.07) is -9.92. The van der Waals surface area contributed by atoms with Crippen LogP contribution in [0.25, 0.3) is 0 Å². The maximum Gasteiger partial charge on any atom is 0.514 e. The Kier molecular flexibility index (Phi) is 5.51. The Morgan fingerprint density at radius 3 is 1.18 bits per heavy atom. The summed E-state index contributed by atoms with van der Waals surface area (Å²) in [5, 5.41) is 37.2. The molecule has 124 valence electrons.